The van der Waals surface area contributed by atoms with Gasteiger partial charge in [0.2, 0.25) is 0 Å². The summed E-state index contributed by atoms with van der Waals surface area (Å²) in [4.78, 5) is 23.5. The molecule has 1 aliphatic rings. The Hall–Kier alpha value is -1.06. The first kappa shape index (κ1) is 16.0. The topological polar surface area (TPSA) is 52.6 Å². The van der Waals surface area contributed by atoms with Crippen LogP contribution in [0.25, 0.3) is 0 Å². The Balaban J connectivity index is 2.24. The largest absolute Gasteiger partial charge is 0.465 e. The molecule has 0 aromatic carbocycles. The van der Waals surface area contributed by atoms with Crippen LogP contribution in [0.2, 0.25) is 0 Å². The normalized spacial score (nSPS) is 22.8. The van der Waals surface area contributed by atoms with Gasteiger partial charge in [-0.3, -0.25) is 9.59 Å². The smallest absolute Gasteiger partial charge is 0.308 e. The lowest BCUT2D eigenvalue weighted by Gasteiger charge is -2.25. The summed E-state index contributed by atoms with van der Waals surface area (Å²) in [6.07, 6.45) is 5.79. The average Bonchev–Trinajstić information content (AvgIpc) is 2.45. The number of carbonyl (C=O) groups excluding carboxylic acids is 2. The zero-order chi connectivity index (χ0) is 14.1. The van der Waals surface area contributed by atoms with Crippen LogP contribution in [-0.4, -0.2) is 25.2 Å². The SMILES string of the molecule is CCCCOC(=O)C1CCC(C(=O)OCCC)CC1. The van der Waals surface area contributed by atoms with E-state index in [-0.39, 0.29) is 23.8 Å². The van der Waals surface area contributed by atoms with Gasteiger partial charge in [-0.25, -0.2) is 0 Å². The van der Waals surface area contributed by atoms with Gasteiger partial charge in [0.15, 0.2) is 0 Å². The number of carbonyl (C=O) groups is 2. The second kappa shape index (κ2) is 8.94. The lowest BCUT2D eigenvalue weighted by Crippen LogP contribution is -2.28. The summed E-state index contributed by atoms with van der Waals surface area (Å²) in [6.45, 7) is 5.07. The van der Waals surface area contributed by atoms with E-state index in [4.69, 9.17) is 9.47 Å². The van der Waals surface area contributed by atoms with Crippen molar-refractivity contribution in [1.29, 1.82) is 0 Å². The first-order chi connectivity index (χ1) is 9.19. The van der Waals surface area contributed by atoms with Crippen molar-refractivity contribution in [2.45, 2.75) is 58.8 Å². The van der Waals surface area contributed by atoms with Crippen LogP contribution in [0.4, 0.5) is 0 Å². The Kier molecular flexibility index (Phi) is 7.53. The minimum atomic E-state index is -0.0975. The molecule has 1 rings (SSSR count). The molecule has 4 nitrogen and oxygen atoms in total. The Bertz CT molecular complexity index is 280. The van der Waals surface area contributed by atoms with Gasteiger partial charge in [0.05, 0.1) is 25.0 Å². The first-order valence-electron chi connectivity index (χ1n) is 7.52. The van der Waals surface area contributed by atoms with Crippen molar-refractivity contribution in [3.8, 4) is 0 Å². The van der Waals surface area contributed by atoms with Crippen molar-refractivity contribution in [2.75, 3.05) is 13.2 Å². The molecule has 0 N–H and O–H groups in total. The standard InChI is InChI=1S/C15H26O4/c1-3-5-11-19-15(17)13-8-6-12(7-9-13)14(16)18-10-4-2/h12-13H,3-11H2,1-2H3. The molecule has 4 heteroatoms. The van der Waals surface area contributed by atoms with Crippen LogP contribution in [0.15, 0.2) is 0 Å². The van der Waals surface area contributed by atoms with Crippen LogP contribution in [0.5, 0.6) is 0 Å². The molecule has 0 amide bonds. The van der Waals surface area contributed by atoms with Crippen LogP contribution in [0, 0.1) is 11.8 Å². The lowest BCUT2D eigenvalue weighted by atomic mass is 9.82. The van der Waals surface area contributed by atoms with Crippen LogP contribution in [0.1, 0.15) is 58.8 Å². The summed E-state index contributed by atoms with van der Waals surface area (Å²) in [5, 5.41) is 0. The van der Waals surface area contributed by atoms with E-state index in [1.54, 1.807) is 0 Å². The molecule has 1 saturated carbocycles. The molecule has 110 valence electrons. The number of hydrogen-bond acceptors (Lipinski definition) is 4. The fourth-order valence-corrected chi connectivity index (χ4v) is 2.32. The molecule has 0 spiro atoms. The molecular weight excluding hydrogens is 244 g/mol. The van der Waals surface area contributed by atoms with E-state index in [1.165, 1.54) is 0 Å². The van der Waals surface area contributed by atoms with Crippen LogP contribution < -0.4 is 0 Å². The van der Waals surface area contributed by atoms with Gasteiger partial charge in [-0.2, -0.15) is 0 Å². The maximum absolute atomic E-state index is 11.8. The molecule has 1 fully saturated rings. The highest BCUT2D eigenvalue weighted by Gasteiger charge is 2.31. The van der Waals surface area contributed by atoms with E-state index in [0.29, 0.717) is 13.2 Å². The molecule has 1 aliphatic carbocycles. The molecular formula is C15H26O4. The number of ether oxygens (including phenoxy) is 2. The Morgan fingerprint density at radius 1 is 0.842 bits per heavy atom. The van der Waals surface area contributed by atoms with Crippen molar-refractivity contribution >= 4 is 11.9 Å². The lowest BCUT2D eigenvalue weighted by molar-refractivity contribution is -0.155. The number of unbranched alkanes of at least 4 members (excludes halogenated alkanes) is 1. The molecule has 0 atom stereocenters. The summed E-state index contributed by atoms with van der Waals surface area (Å²) in [5.74, 6) is -0.230. The van der Waals surface area contributed by atoms with Crippen molar-refractivity contribution < 1.29 is 19.1 Å². The first-order valence-corrected chi connectivity index (χ1v) is 7.52. The van der Waals surface area contributed by atoms with Gasteiger partial charge in [-0.05, 0) is 38.5 Å². The van der Waals surface area contributed by atoms with Gasteiger partial charge >= 0.3 is 11.9 Å². The molecule has 19 heavy (non-hydrogen) atoms. The van der Waals surface area contributed by atoms with Gasteiger partial charge in [0.25, 0.3) is 0 Å². The summed E-state index contributed by atoms with van der Waals surface area (Å²) in [6, 6.07) is 0. The molecule has 0 unspecified atom stereocenters. The molecule has 0 saturated heterocycles. The zero-order valence-electron chi connectivity index (χ0n) is 12.2. The van der Waals surface area contributed by atoms with E-state index >= 15 is 0 Å². The van der Waals surface area contributed by atoms with Crippen LogP contribution in [-0.2, 0) is 19.1 Å². The van der Waals surface area contributed by atoms with E-state index in [1.807, 2.05) is 6.92 Å². The minimum absolute atomic E-state index is 0.0212. The van der Waals surface area contributed by atoms with E-state index in [0.717, 1.165) is 44.9 Å². The van der Waals surface area contributed by atoms with E-state index in [9.17, 15) is 9.59 Å². The number of hydrogen-bond donors (Lipinski definition) is 0. The highest BCUT2D eigenvalue weighted by atomic mass is 16.5. The molecule has 0 heterocycles. The van der Waals surface area contributed by atoms with Crippen molar-refractivity contribution in [3.05, 3.63) is 0 Å². The van der Waals surface area contributed by atoms with Gasteiger partial charge in [0, 0.05) is 0 Å². The summed E-state index contributed by atoms with van der Waals surface area (Å²) < 4.78 is 10.4. The molecule has 0 aromatic rings. The Morgan fingerprint density at radius 3 is 1.74 bits per heavy atom. The molecule has 0 bridgehead atoms. The fraction of sp³-hybridized carbons (Fsp3) is 0.867. The molecule has 0 aliphatic heterocycles. The average molecular weight is 270 g/mol. The molecule has 0 aromatic heterocycles. The summed E-state index contributed by atoms with van der Waals surface area (Å²) in [5.41, 5.74) is 0. The maximum Gasteiger partial charge on any atom is 0.308 e. The van der Waals surface area contributed by atoms with Gasteiger partial charge in [-0.15, -0.1) is 0 Å². The van der Waals surface area contributed by atoms with Gasteiger partial charge in [-0.1, -0.05) is 20.3 Å². The Morgan fingerprint density at radius 2 is 1.32 bits per heavy atom. The van der Waals surface area contributed by atoms with Crippen molar-refractivity contribution in [1.82, 2.24) is 0 Å². The summed E-state index contributed by atoms with van der Waals surface area (Å²) >= 11 is 0. The van der Waals surface area contributed by atoms with Crippen molar-refractivity contribution in [2.24, 2.45) is 11.8 Å². The highest BCUT2D eigenvalue weighted by Crippen LogP contribution is 2.30. The zero-order valence-corrected chi connectivity index (χ0v) is 12.2. The highest BCUT2D eigenvalue weighted by molar-refractivity contribution is 5.75. The number of esters is 2. The molecule has 0 radical (unpaired) electrons. The third kappa shape index (κ3) is 5.62. The van der Waals surface area contributed by atoms with Gasteiger partial charge in [0.1, 0.15) is 0 Å². The predicted molar refractivity (Wildman–Crippen MR) is 72.6 cm³/mol. The Labute approximate surface area is 115 Å². The monoisotopic (exact) mass is 270 g/mol. The van der Waals surface area contributed by atoms with Crippen LogP contribution in [0.3, 0.4) is 0 Å². The second-order valence-corrected chi connectivity index (χ2v) is 5.24. The van der Waals surface area contributed by atoms with Crippen molar-refractivity contribution in [3.63, 3.8) is 0 Å². The predicted octanol–water partition coefficient (Wildman–Crippen LogP) is 3.09. The third-order valence-corrected chi connectivity index (χ3v) is 3.58. The minimum Gasteiger partial charge on any atom is -0.465 e. The fourth-order valence-electron chi connectivity index (χ4n) is 2.32. The number of rotatable bonds is 7. The third-order valence-electron chi connectivity index (χ3n) is 3.58. The second-order valence-electron chi connectivity index (χ2n) is 5.24. The van der Waals surface area contributed by atoms with Crippen LogP contribution >= 0.6 is 0 Å². The van der Waals surface area contributed by atoms with E-state index < -0.39 is 0 Å². The summed E-state index contributed by atoms with van der Waals surface area (Å²) in [7, 11) is 0. The quantitative estimate of drug-likeness (QED) is 0.527. The maximum atomic E-state index is 11.8. The van der Waals surface area contributed by atoms with E-state index in [2.05, 4.69) is 6.92 Å². The van der Waals surface area contributed by atoms with Gasteiger partial charge < -0.3 is 9.47 Å².